The summed E-state index contributed by atoms with van der Waals surface area (Å²) in [5.41, 5.74) is 0.0633. The van der Waals surface area contributed by atoms with E-state index in [0.29, 0.717) is 13.1 Å². The van der Waals surface area contributed by atoms with Gasteiger partial charge >= 0.3 is 5.97 Å². The third kappa shape index (κ3) is 5.74. The fourth-order valence-corrected chi connectivity index (χ4v) is 4.80. The van der Waals surface area contributed by atoms with Crippen LogP contribution in [0.15, 0.2) is 47.4 Å². The van der Waals surface area contributed by atoms with Gasteiger partial charge in [-0.2, -0.15) is 0 Å². The van der Waals surface area contributed by atoms with Crippen LogP contribution in [0.2, 0.25) is 5.02 Å². The maximum atomic E-state index is 13.1. The van der Waals surface area contributed by atoms with Gasteiger partial charge in [0.25, 0.3) is 15.9 Å². The maximum Gasteiger partial charge on any atom is 0.338 e. The zero-order valence-corrected chi connectivity index (χ0v) is 18.4. The molecule has 1 saturated heterocycles. The minimum atomic E-state index is -4.16. The van der Waals surface area contributed by atoms with Crippen molar-refractivity contribution in [2.24, 2.45) is 0 Å². The molecule has 2 aromatic carbocycles. The van der Waals surface area contributed by atoms with Gasteiger partial charge in [-0.25, -0.2) is 17.6 Å². The van der Waals surface area contributed by atoms with Gasteiger partial charge in [0.1, 0.15) is 10.7 Å². The highest BCUT2D eigenvalue weighted by molar-refractivity contribution is 7.92. The molecule has 0 bridgehead atoms. The lowest BCUT2D eigenvalue weighted by atomic mass is 10.1. The predicted molar refractivity (Wildman–Crippen MR) is 114 cm³/mol. The summed E-state index contributed by atoms with van der Waals surface area (Å²) in [7, 11) is -4.16. The molecule has 1 aliphatic rings. The molecule has 1 heterocycles. The number of benzene rings is 2. The summed E-state index contributed by atoms with van der Waals surface area (Å²) in [6, 6.07) is 8.38. The largest absolute Gasteiger partial charge is 0.449 e. The highest BCUT2D eigenvalue weighted by Crippen LogP contribution is 2.26. The minimum absolute atomic E-state index is 0.0674. The maximum absolute atomic E-state index is 13.1. The Morgan fingerprint density at radius 2 is 1.74 bits per heavy atom. The topological polar surface area (TPSA) is 92.8 Å². The zero-order valence-electron chi connectivity index (χ0n) is 16.8. The van der Waals surface area contributed by atoms with Crippen LogP contribution in [0.3, 0.4) is 0 Å². The molecule has 1 unspecified atom stereocenters. The van der Waals surface area contributed by atoms with E-state index in [1.807, 2.05) is 0 Å². The smallest absolute Gasteiger partial charge is 0.338 e. The number of carbonyl (C=O) groups is 2. The molecule has 1 amide bonds. The van der Waals surface area contributed by atoms with Crippen molar-refractivity contribution in [2.45, 2.75) is 37.2 Å². The first kappa shape index (κ1) is 23.0. The van der Waals surface area contributed by atoms with E-state index >= 15 is 0 Å². The van der Waals surface area contributed by atoms with Crippen molar-refractivity contribution >= 4 is 39.2 Å². The number of amides is 1. The highest BCUT2D eigenvalue weighted by Gasteiger charge is 2.27. The third-order valence-electron chi connectivity index (χ3n) is 4.85. The van der Waals surface area contributed by atoms with E-state index in [-0.39, 0.29) is 27.1 Å². The van der Waals surface area contributed by atoms with Crippen LogP contribution in [0, 0.1) is 5.82 Å². The average molecular weight is 469 g/mol. The lowest BCUT2D eigenvalue weighted by molar-refractivity contribution is -0.140. The molecular formula is C21H22ClFN2O5S. The van der Waals surface area contributed by atoms with E-state index in [1.165, 1.54) is 31.2 Å². The fraction of sp³-hybridized carbons (Fsp3) is 0.333. The van der Waals surface area contributed by atoms with Crippen LogP contribution < -0.4 is 4.72 Å². The molecule has 0 saturated carbocycles. The third-order valence-corrected chi connectivity index (χ3v) is 6.72. The first-order valence-electron chi connectivity index (χ1n) is 9.75. The van der Waals surface area contributed by atoms with Crippen LogP contribution in [0.5, 0.6) is 0 Å². The van der Waals surface area contributed by atoms with E-state index in [1.54, 1.807) is 4.90 Å². The summed E-state index contributed by atoms with van der Waals surface area (Å²) in [6.45, 7) is 2.73. The SMILES string of the molecule is CC(OC(=O)c1ccc(Cl)c(S(=O)(=O)Nc2ccc(F)cc2)c1)C(=O)N1CCCCC1. The number of nitrogens with zero attached hydrogens (tertiary/aromatic N) is 1. The van der Waals surface area contributed by atoms with E-state index in [4.69, 9.17) is 16.3 Å². The number of hydrogen-bond donors (Lipinski definition) is 1. The van der Waals surface area contributed by atoms with Gasteiger partial charge in [0.05, 0.1) is 10.6 Å². The number of nitrogens with one attached hydrogen (secondary N) is 1. The van der Waals surface area contributed by atoms with Gasteiger partial charge in [0, 0.05) is 18.8 Å². The number of likely N-dealkylation sites (tertiary alicyclic amines) is 1. The molecule has 3 rings (SSSR count). The molecule has 1 atom stereocenters. The Labute approximate surface area is 185 Å². The second-order valence-corrected chi connectivity index (χ2v) is 9.25. The molecule has 0 aromatic heterocycles. The Balaban J connectivity index is 1.75. The molecule has 1 N–H and O–H groups in total. The van der Waals surface area contributed by atoms with Gasteiger partial charge in [-0.15, -0.1) is 0 Å². The molecule has 31 heavy (non-hydrogen) atoms. The second-order valence-electron chi connectivity index (χ2n) is 7.19. The molecule has 1 aliphatic heterocycles. The van der Waals surface area contributed by atoms with Crippen molar-refractivity contribution < 1.29 is 27.1 Å². The van der Waals surface area contributed by atoms with Crippen molar-refractivity contribution in [3.63, 3.8) is 0 Å². The predicted octanol–water partition coefficient (Wildman–Crippen LogP) is 3.84. The van der Waals surface area contributed by atoms with Crippen molar-refractivity contribution in [3.05, 3.63) is 58.9 Å². The van der Waals surface area contributed by atoms with E-state index < -0.39 is 27.9 Å². The van der Waals surface area contributed by atoms with Crippen molar-refractivity contribution in [3.8, 4) is 0 Å². The van der Waals surface area contributed by atoms with E-state index in [2.05, 4.69) is 4.72 Å². The van der Waals surface area contributed by atoms with E-state index in [0.717, 1.165) is 37.5 Å². The number of piperidine rings is 1. The number of hydrogen-bond acceptors (Lipinski definition) is 5. The molecule has 2 aromatic rings. The number of carbonyl (C=O) groups excluding carboxylic acids is 2. The van der Waals surface area contributed by atoms with Crippen LogP contribution in [-0.2, 0) is 19.6 Å². The van der Waals surface area contributed by atoms with Gasteiger partial charge < -0.3 is 9.64 Å². The molecule has 1 fully saturated rings. The normalized spacial score (nSPS) is 15.3. The van der Waals surface area contributed by atoms with Crippen molar-refractivity contribution in [1.29, 1.82) is 0 Å². The average Bonchev–Trinajstić information content (AvgIpc) is 2.75. The Bertz CT molecular complexity index is 1070. The number of ether oxygens (including phenoxy) is 1. The molecule has 0 aliphatic carbocycles. The Morgan fingerprint density at radius 1 is 1.10 bits per heavy atom. The lowest BCUT2D eigenvalue weighted by Gasteiger charge is -2.28. The molecular weight excluding hydrogens is 447 g/mol. The summed E-state index contributed by atoms with van der Waals surface area (Å²) in [4.78, 5) is 26.3. The number of anilines is 1. The second kappa shape index (κ2) is 9.65. The fourth-order valence-electron chi connectivity index (χ4n) is 3.21. The summed E-state index contributed by atoms with van der Waals surface area (Å²) >= 11 is 6.04. The standard InChI is InChI=1S/C21H22ClFN2O5S/c1-14(20(26)25-11-3-2-4-12-25)30-21(27)15-5-10-18(22)19(13-15)31(28,29)24-17-8-6-16(23)7-9-17/h5-10,13-14,24H,2-4,11-12H2,1H3. The van der Waals surface area contributed by atoms with Gasteiger partial charge in [-0.1, -0.05) is 11.6 Å². The van der Waals surface area contributed by atoms with Crippen molar-refractivity contribution in [1.82, 2.24) is 4.90 Å². The molecule has 0 spiro atoms. The van der Waals surface area contributed by atoms with Crippen molar-refractivity contribution in [2.75, 3.05) is 17.8 Å². The highest BCUT2D eigenvalue weighted by atomic mass is 35.5. The van der Waals surface area contributed by atoms with Gasteiger partial charge in [0.15, 0.2) is 6.10 Å². The summed E-state index contributed by atoms with van der Waals surface area (Å²) in [5, 5.41) is -0.108. The van der Waals surface area contributed by atoms with Crippen LogP contribution in [-0.4, -0.2) is 44.4 Å². The van der Waals surface area contributed by atoms with E-state index in [9.17, 15) is 22.4 Å². The van der Waals surface area contributed by atoms with Gasteiger partial charge in [-0.05, 0) is 68.7 Å². The molecule has 166 valence electrons. The lowest BCUT2D eigenvalue weighted by Crippen LogP contribution is -2.42. The Hall–Kier alpha value is -2.65. The van der Waals surface area contributed by atoms with Crippen LogP contribution in [0.4, 0.5) is 10.1 Å². The van der Waals surface area contributed by atoms with Crippen LogP contribution >= 0.6 is 11.6 Å². The number of rotatable bonds is 6. The molecule has 10 heteroatoms. The first-order valence-corrected chi connectivity index (χ1v) is 11.6. The monoisotopic (exact) mass is 468 g/mol. The Morgan fingerprint density at radius 3 is 2.39 bits per heavy atom. The van der Waals surface area contributed by atoms with Crippen LogP contribution in [0.1, 0.15) is 36.5 Å². The summed E-state index contributed by atoms with van der Waals surface area (Å²) in [5.74, 6) is -1.64. The zero-order chi connectivity index (χ0) is 22.6. The quantitative estimate of drug-likeness (QED) is 0.650. The number of sulfonamides is 1. The minimum Gasteiger partial charge on any atom is -0.449 e. The summed E-state index contributed by atoms with van der Waals surface area (Å²) < 4.78 is 46.0. The van der Waals surface area contributed by atoms with Gasteiger partial charge in [-0.3, -0.25) is 9.52 Å². The van der Waals surface area contributed by atoms with Gasteiger partial charge in [0.2, 0.25) is 0 Å². The molecule has 0 radical (unpaired) electrons. The Kier molecular flexibility index (Phi) is 7.17. The van der Waals surface area contributed by atoms with Crippen LogP contribution in [0.25, 0.3) is 0 Å². The molecule has 7 nitrogen and oxygen atoms in total. The number of halogens is 2. The summed E-state index contributed by atoms with van der Waals surface area (Å²) in [6.07, 6.45) is 1.88. The first-order chi connectivity index (χ1) is 14.7. The number of esters is 1.